The molecular formula is C52H36N2. The van der Waals surface area contributed by atoms with Crippen LogP contribution in [0.2, 0.25) is 0 Å². The highest BCUT2D eigenvalue weighted by atomic mass is 14.9. The lowest BCUT2D eigenvalue weighted by molar-refractivity contribution is 1.52. The lowest BCUT2D eigenvalue weighted by atomic mass is 9.81. The second-order valence-corrected chi connectivity index (χ2v) is 13.9. The first-order chi connectivity index (χ1) is 26.8. The van der Waals surface area contributed by atoms with Crippen LogP contribution in [0.1, 0.15) is 0 Å². The van der Waals surface area contributed by atoms with E-state index in [9.17, 15) is 0 Å². The van der Waals surface area contributed by atoms with Crippen molar-refractivity contribution in [1.82, 2.24) is 0 Å². The summed E-state index contributed by atoms with van der Waals surface area (Å²) in [5, 5.41) is 17.3. The third-order valence-electron chi connectivity index (χ3n) is 10.6. The minimum absolute atomic E-state index is 1.04. The largest absolute Gasteiger partial charge is 0.356 e. The molecule has 0 heterocycles. The van der Waals surface area contributed by atoms with Crippen molar-refractivity contribution in [1.29, 1.82) is 0 Å². The molecule has 0 radical (unpaired) electrons. The third-order valence-corrected chi connectivity index (χ3v) is 10.6. The van der Waals surface area contributed by atoms with E-state index < -0.39 is 0 Å². The van der Waals surface area contributed by atoms with E-state index in [1.54, 1.807) is 0 Å². The summed E-state index contributed by atoms with van der Waals surface area (Å²) >= 11 is 0. The Morgan fingerprint density at radius 2 is 0.685 bits per heavy atom. The minimum atomic E-state index is 1.04. The number of rotatable bonds is 7. The lowest BCUT2D eigenvalue weighted by Crippen LogP contribution is -2.00. The van der Waals surface area contributed by atoms with Gasteiger partial charge in [-0.1, -0.05) is 152 Å². The van der Waals surface area contributed by atoms with Gasteiger partial charge in [-0.25, -0.2) is 0 Å². The van der Waals surface area contributed by atoms with Crippen LogP contribution in [0.4, 0.5) is 22.7 Å². The first-order valence-corrected chi connectivity index (χ1v) is 18.5. The molecule has 0 aliphatic carbocycles. The number of nitrogens with one attached hydrogen (secondary N) is 2. The van der Waals surface area contributed by atoms with Gasteiger partial charge in [-0.15, -0.1) is 0 Å². The van der Waals surface area contributed by atoms with Crippen molar-refractivity contribution >= 4 is 65.8 Å². The third kappa shape index (κ3) is 5.62. The van der Waals surface area contributed by atoms with Crippen LogP contribution in [0.5, 0.6) is 0 Å². The van der Waals surface area contributed by atoms with Crippen LogP contribution in [0.15, 0.2) is 206 Å². The quantitative estimate of drug-likeness (QED) is 0.163. The first kappa shape index (κ1) is 31.6. The van der Waals surface area contributed by atoms with Crippen molar-refractivity contribution in [3.8, 4) is 33.4 Å². The highest BCUT2D eigenvalue weighted by molar-refractivity contribution is 6.21. The average molecular weight is 689 g/mol. The molecule has 254 valence electrons. The zero-order chi connectivity index (χ0) is 35.8. The van der Waals surface area contributed by atoms with E-state index in [0.717, 1.165) is 28.3 Å². The normalized spacial score (nSPS) is 11.3. The van der Waals surface area contributed by atoms with E-state index in [4.69, 9.17) is 0 Å². The Labute approximate surface area is 315 Å². The summed E-state index contributed by atoms with van der Waals surface area (Å²) in [5.41, 5.74) is 11.3. The summed E-state index contributed by atoms with van der Waals surface area (Å²) in [5.74, 6) is 0. The molecule has 0 amide bonds. The summed E-state index contributed by atoms with van der Waals surface area (Å²) in [4.78, 5) is 0. The lowest BCUT2D eigenvalue weighted by Gasteiger charge is -2.24. The molecule has 0 aliphatic heterocycles. The van der Waals surface area contributed by atoms with E-state index in [-0.39, 0.29) is 0 Å². The Morgan fingerprint density at radius 3 is 1.24 bits per heavy atom. The molecule has 2 nitrogen and oxygen atoms in total. The number of anilines is 4. The molecule has 10 aromatic carbocycles. The Kier molecular flexibility index (Phi) is 7.85. The Balaban J connectivity index is 1.32. The summed E-state index contributed by atoms with van der Waals surface area (Å²) in [7, 11) is 0. The molecule has 10 aromatic rings. The number of hydrogen-bond donors (Lipinski definition) is 2. The maximum Gasteiger partial charge on any atom is 0.0470 e. The van der Waals surface area contributed by atoms with Crippen LogP contribution < -0.4 is 10.6 Å². The molecule has 2 heteroatoms. The predicted molar refractivity (Wildman–Crippen MR) is 232 cm³/mol. The van der Waals surface area contributed by atoms with Crippen molar-refractivity contribution in [3.05, 3.63) is 206 Å². The minimum Gasteiger partial charge on any atom is -0.356 e. The first-order valence-electron chi connectivity index (χ1n) is 18.5. The van der Waals surface area contributed by atoms with Crippen molar-refractivity contribution in [2.75, 3.05) is 10.6 Å². The summed E-state index contributed by atoms with van der Waals surface area (Å²) in [6, 6.07) is 74.4. The van der Waals surface area contributed by atoms with Crippen LogP contribution in [0, 0.1) is 0 Å². The van der Waals surface area contributed by atoms with E-state index >= 15 is 0 Å². The topological polar surface area (TPSA) is 24.1 Å². The number of benzene rings is 10. The van der Waals surface area contributed by atoms with Gasteiger partial charge in [-0.2, -0.15) is 0 Å². The van der Waals surface area contributed by atoms with Gasteiger partial charge in [0.1, 0.15) is 0 Å². The summed E-state index contributed by atoms with van der Waals surface area (Å²) < 4.78 is 0. The van der Waals surface area contributed by atoms with E-state index in [0.29, 0.717) is 0 Å². The van der Waals surface area contributed by atoms with E-state index in [2.05, 4.69) is 211 Å². The van der Waals surface area contributed by atoms with Gasteiger partial charge in [-0.3, -0.25) is 0 Å². The molecule has 2 N–H and O–H groups in total. The second-order valence-electron chi connectivity index (χ2n) is 13.9. The van der Waals surface area contributed by atoms with Gasteiger partial charge >= 0.3 is 0 Å². The fraction of sp³-hybridized carbons (Fsp3) is 0. The predicted octanol–water partition coefficient (Wildman–Crippen LogP) is 14.8. The molecule has 10 rings (SSSR count). The highest BCUT2D eigenvalue weighted by Crippen LogP contribution is 2.50. The second kappa shape index (κ2) is 13.4. The molecular weight excluding hydrogens is 653 g/mol. The zero-order valence-electron chi connectivity index (χ0n) is 29.6. The molecule has 0 saturated heterocycles. The Morgan fingerprint density at radius 1 is 0.259 bits per heavy atom. The molecule has 54 heavy (non-hydrogen) atoms. The number of para-hydroxylation sites is 2. The average Bonchev–Trinajstić information content (AvgIpc) is 3.24. The van der Waals surface area contributed by atoms with E-state index in [1.165, 1.54) is 70.9 Å². The molecule has 0 aromatic heterocycles. The Bertz CT molecular complexity index is 2970. The zero-order valence-corrected chi connectivity index (χ0v) is 29.6. The molecule has 0 saturated carbocycles. The summed E-state index contributed by atoms with van der Waals surface area (Å²) in [6.45, 7) is 0. The van der Waals surface area contributed by atoms with Crippen LogP contribution in [0.25, 0.3) is 76.5 Å². The van der Waals surface area contributed by atoms with Crippen LogP contribution >= 0.6 is 0 Å². The van der Waals surface area contributed by atoms with Gasteiger partial charge in [0.15, 0.2) is 0 Å². The Hall–Kier alpha value is -7.16. The van der Waals surface area contributed by atoms with Crippen LogP contribution in [0.3, 0.4) is 0 Å². The molecule has 0 atom stereocenters. The highest BCUT2D eigenvalue weighted by Gasteiger charge is 2.23. The SMILES string of the molecule is c1ccc(Nc2ccc(-c3ccc(Nc4ccccc4)c(-c4cc5ccccc5c5ccccc45)c3-c3cc4ccccc4c4ccccc34)cc2)cc1. The van der Waals surface area contributed by atoms with Crippen LogP contribution in [-0.4, -0.2) is 0 Å². The van der Waals surface area contributed by atoms with Gasteiger partial charge in [0.05, 0.1) is 0 Å². The fourth-order valence-corrected chi connectivity index (χ4v) is 8.13. The van der Waals surface area contributed by atoms with Crippen molar-refractivity contribution in [3.63, 3.8) is 0 Å². The summed E-state index contributed by atoms with van der Waals surface area (Å²) in [6.07, 6.45) is 0. The van der Waals surface area contributed by atoms with Gasteiger partial charge < -0.3 is 10.6 Å². The molecule has 0 unspecified atom stereocenters. The van der Waals surface area contributed by atoms with Crippen molar-refractivity contribution in [2.45, 2.75) is 0 Å². The molecule has 0 fully saturated rings. The van der Waals surface area contributed by atoms with Gasteiger partial charge in [-0.05, 0) is 120 Å². The monoisotopic (exact) mass is 688 g/mol. The smallest absolute Gasteiger partial charge is 0.0470 e. The van der Waals surface area contributed by atoms with Gasteiger partial charge in [0.2, 0.25) is 0 Å². The molecule has 0 aliphatic rings. The standard InChI is InChI=1S/C52H36N2/c1-3-17-38(18-4-1)53-40-29-27-35(28-30-40)43-31-32-50(54-39-19-5-2-6-20-39)52(49-34-37-16-8-10-22-42(37)45-24-12-14-26-47(45)49)51(43)48-33-36-15-7-9-21-41(36)44-23-11-13-25-46(44)48/h1-34,53-54H. The maximum atomic E-state index is 3.88. The molecule has 0 spiro atoms. The van der Waals surface area contributed by atoms with Crippen molar-refractivity contribution < 1.29 is 0 Å². The fourth-order valence-electron chi connectivity index (χ4n) is 8.13. The van der Waals surface area contributed by atoms with Crippen LogP contribution in [-0.2, 0) is 0 Å². The van der Waals surface area contributed by atoms with Crippen molar-refractivity contribution in [2.24, 2.45) is 0 Å². The molecule has 0 bridgehead atoms. The van der Waals surface area contributed by atoms with Gasteiger partial charge in [0, 0.05) is 33.9 Å². The maximum absolute atomic E-state index is 3.88. The number of hydrogen-bond acceptors (Lipinski definition) is 2. The van der Waals surface area contributed by atoms with E-state index in [1.807, 2.05) is 6.07 Å². The number of fused-ring (bicyclic) bond motifs is 6. The van der Waals surface area contributed by atoms with Gasteiger partial charge in [0.25, 0.3) is 0 Å².